The highest BCUT2D eigenvalue weighted by Gasteiger charge is 2.10. The van der Waals surface area contributed by atoms with Crippen LogP contribution in [0.3, 0.4) is 0 Å². The molecule has 124 valence electrons. The van der Waals surface area contributed by atoms with Gasteiger partial charge in [0.2, 0.25) is 5.91 Å². The van der Waals surface area contributed by atoms with Crippen molar-refractivity contribution in [2.24, 2.45) is 16.6 Å². The average molecular weight is 314 g/mol. The SMILES string of the molecule is COC(=O)CC(N)/C=N\NC(C)=O.[B]C(O)C(N)CC(C)=O. The number of rotatable bonds is 7. The van der Waals surface area contributed by atoms with Crippen molar-refractivity contribution in [2.45, 2.75) is 44.8 Å². The van der Waals surface area contributed by atoms with Crippen LogP contribution in [0.5, 0.6) is 0 Å². The number of aliphatic hydroxyl groups excluding tert-OH is 1. The number of nitrogens with one attached hydrogen (secondary N) is 1. The molecule has 0 aliphatic heterocycles. The maximum absolute atomic E-state index is 10.7. The van der Waals surface area contributed by atoms with Crippen molar-refractivity contribution in [1.82, 2.24) is 5.43 Å². The molecule has 3 atom stereocenters. The van der Waals surface area contributed by atoms with Gasteiger partial charge in [0, 0.05) is 31.6 Å². The molecular formula is C12H23BN4O5. The van der Waals surface area contributed by atoms with Gasteiger partial charge in [0.05, 0.1) is 19.6 Å². The quantitative estimate of drug-likeness (QED) is 0.179. The molecule has 9 nitrogen and oxygen atoms in total. The van der Waals surface area contributed by atoms with Gasteiger partial charge in [-0.05, 0) is 6.92 Å². The van der Waals surface area contributed by atoms with Crippen LogP contribution in [0, 0.1) is 0 Å². The Labute approximate surface area is 130 Å². The van der Waals surface area contributed by atoms with Crippen molar-refractivity contribution in [1.29, 1.82) is 0 Å². The van der Waals surface area contributed by atoms with Gasteiger partial charge in [-0.1, -0.05) is 0 Å². The molecule has 0 spiro atoms. The molecule has 0 saturated heterocycles. The van der Waals surface area contributed by atoms with Crippen molar-refractivity contribution in [2.75, 3.05) is 7.11 Å². The minimum absolute atomic E-state index is 0.0413. The fourth-order valence-corrected chi connectivity index (χ4v) is 1.01. The highest BCUT2D eigenvalue weighted by atomic mass is 16.5. The average Bonchev–Trinajstić information content (AvgIpc) is 2.37. The summed E-state index contributed by atoms with van der Waals surface area (Å²) in [5.74, 6) is -0.768. The number of hydrogen-bond acceptors (Lipinski definition) is 8. The first-order valence-electron chi connectivity index (χ1n) is 6.41. The first-order chi connectivity index (χ1) is 10.1. The van der Waals surface area contributed by atoms with Gasteiger partial charge in [-0.25, -0.2) is 5.43 Å². The highest BCUT2D eigenvalue weighted by molar-refractivity contribution is 6.11. The second-order valence-corrected chi connectivity index (χ2v) is 4.45. The zero-order valence-electron chi connectivity index (χ0n) is 13.0. The van der Waals surface area contributed by atoms with Gasteiger partial charge in [0.15, 0.2) is 0 Å². The second-order valence-electron chi connectivity index (χ2n) is 4.45. The van der Waals surface area contributed by atoms with E-state index in [2.05, 4.69) is 15.3 Å². The lowest BCUT2D eigenvalue weighted by atomic mass is 9.90. The highest BCUT2D eigenvalue weighted by Crippen LogP contribution is 1.92. The summed E-state index contributed by atoms with van der Waals surface area (Å²) in [5, 5.41) is 12.1. The van der Waals surface area contributed by atoms with Gasteiger partial charge in [0.25, 0.3) is 0 Å². The number of hydrazone groups is 1. The van der Waals surface area contributed by atoms with Crippen molar-refractivity contribution in [3.8, 4) is 0 Å². The Bertz CT molecular complexity index is 390. The molecule has 0 rings (SSSR count). The molecule has 0 aromatic carbocycles. The summed E-state index contributed by atoms with van der Waals surface area (Å²) < 4.78 is 4.38. The monoisotopic (exact) mass is 314 g/mol. The number of aliphatic hydroxyl groups is 1. The molecule has 0 heterocycles. The van der Waals surface area contributed by atoms with E-state index in [0.29, 0.717) is 0 Å². The van der Waals surface area contributed by atoms with Crippen LogP contribution in [-0.2, 0) is 19.1 Å². The molecule has 10 heteroatoms. The van der Waals surface area contributed by atoms with E-state index in [-0.39, 0.29) is 24.5 Å². The van der Waals surface area contributed by atoms with Gasteiger partial charge >= 0.3 is 5.97 Å². The third kappa shape index (κ3) is 16.3. The molecule has 1 amide bonds. The Kier molecular flexibility index (Phi) is 13.2. The smallest absolute Gasteiger partial charge is 0.307 e. The molecule has 0 aliphatic carbocycles. The van der Waals surface area contributed by atoms with Gasteiger partial charge in [-0.15, -0.1) is 0 Å². The van der Waals surface area contributed by atoms with Gasteiger partial charge in [0.1, 0.15) is 13.6 Å². The molecule has 0 saturated carbocycles. The van der Waals surface area contributed by atoms with E-state index < -0.39 is 24.1 Å². The predicted octanol–water partition coefficient (Wildman–Crippen LogP) is -2.22. The molecular weight excluding hydrogens is 291 g/mol. The third-order valence-corrected chi connectivity index (χ3v) is 2.08. The summed E-state index contributed by atoms with van der Waals surface area (Å²) in [6, 6.07) is -2.25. The molecule has 6 N–H and O–H groups in total. The Morgan fingerprint density at radius 3 is 2.18 bits per heavy atom. The maximum Gasteiger partial charge on any atom is 0.307 e. The first-order valence-corrected chi connectivity index (χ1v) is 6.41. The summed E-state index contributed by atoms with van der Waals surface area (Å²) in [6.07, 6.45) is 1.45. The molecule has 0 bridgehead atoms. The summed E-state index contributed by atoms with van der Waals surface area (Å²) in [5.41, 5.74) is 12.8. The zero-order valence-corrected chi connectivity index (χ0v) is 13.0. The van der Waals surface area contributed by atoms with E-state index in [1.165, 1.54) is 27.2 Å². The zero-order chi connectivity index (χ0) is 17.7. The molecule has 0 aromatic rings. The predicted molar refractivity (Wildman–Crippen MR) is 82.0 cm³/mol. The molecule has 0 aliphatic rings. The summed E-state index contributed by atoms with van der Waals surface area (Å²) in [4.78, 5) is 31.3. The van der Waals surface area contributed by atoms with Crippen LogP contribution in [0.4, 0.5) is 0 Å². The number of ether oxygens (including phenoxy) is 1. The lowest BCUT2D eigenvalue weighted by Crippen LogP contribution is -2.36. The van der Waals surface area contributed by atoms with Gasteiger partial charge < -0.3 is 21.3 Å². The van der Waals surface area contributed by atoms with Crippen molar-refractivity contribution in [3.63, 3.8) is 0 Å². The van der Waals surface area contributed by atoms with E-state index in [4.69, 9.17) is 24.4 Å². The number of nitrogens with two attached hydrogens (primary N) is 2. The van der Waals surface area contributed by atoms with Crippen LogP contribution < -0.4 is 16.9 Å². The summed E-state index contributed by atoms with van der Waals surface area (Å²) in [7, 11) is 6.24. The Morgan fingerprint density at radius 2 is 1.86 bits per heavy atom. The number of esters is 1. The number of carbonyl (C=O) groups excluding carboxylic acids is 3. The van der Waals surface area contributed by atoms with E-state index in [9.17, 15) is 14.4 Å². The number of methoxy groups -OCH3 is 1. The van der Waals surface area contributed by atoms with Crippen molar-refractivity contribution >= 4 is 31.7 Å². The number of Topliss-reactive ketones (excluding diaryl/α,β-unsaturated/α-hetero) is 1. The Hall–Kier alpha value is -1.78. The van der Waals surface area contributed by atoms with Crippen LogP contribution >= 0.6 is 0 Å². The Balaban J connectivity index is 0. The van der Waals surface area contributed by atoms with Gasteiger partial charge in [-0.3, -0.25) is 14.4 Å². The van der Waals surface area contributed by atoms with E-state index in [1.54, 1.807) is 0 Å². The normalized spacial score (nSPS) is 14.3. The molecule has 22 heavy (non-hydrogen) atoms. The van der Waals surface area contributed by atoms with E-state index in [0.717, 1.165) is 0 Å². The minimum atomic E-state index is -1.09. The fraction of sp³-hybridized carbons (Fsp3) is 0.667. The van der Waals surface area contributed by atoms with Crippen LogP contribution in [0.25, 0.3) is 0 Å². The standard InChI is InChI=1S/C7H13N3O3.C5H10BNO2/c1-5(11)10-9-4-6(8)3-7(12)13-2;1-3(8)2-4(7)5(6)9/h4,6H,3,8H2,1-2H3,(H,10,11);4-5,9H,2,7H2,1H3/b9-4-;. The summed E-state index contributed by atoms with van der Waals surface area (Å²) >= 11 is 0. The van der Waals surface area contributed by atoms with Crippen molar-refractivity contribution in [3.05, 3.63) is 0 Å². The number of carbonyl (C=O) groups is 3. The number of nitrogens with zero attached hydrogens (tertiary/aromatic N) is 1. The Morgan fingerprint density at radius 1 is 1.32 bits per heavy atom. The van der Waals surface area contributed by atoms with E-state index in [1.807, 2.05) is 0 Å². The van der Waals surface area contributed by atoms with Crippen LogP contribution in [0.2, 0.25) is 0 Å². The third-order valence-electron chi connectivity index (χ3n) is 2.08. The molecule has 2 radical (unpaired) electrons. The summed E-state index contributed by atoms with van der Waals surface area (Å²) in [6.45, 7) is 2.73. The van der Waals surface area contributed by atoms with E-state index >= 15 is 0 Å². The molecule has 0 fully saturated rings. The lowest BCUT2D eigenvalue weighted by Gasteiger charge is -2.11. The fourth-order valence-electron chi connectivity index (χ4n) is 1.01. The molecule has 0 aromatic heterocycles. The number of ketones is 1. The van der Waals surface area contributed by atoms with Gasteiger partial charge in [-0.2, -0.15) is 5.10 Å². The minimum Gasteiger partial charge on any atom is -0.469 e. The van der Waals surface area contributed by atoms with Crippen molar-refractivity contribution < 1.29 is 24.2 Å². The second kappa shape index (κ2) is 12.9. The van der Waals surface area contributed by atoms with Crippen LogP contribution in [-0.4, -0.2) is 62.0 Å². The van der Waals surface area contributed by atoms with Crippen LogP contribution in [0.1, 0.15) is 26.7 Å². The lowest BCUT2D eigenvalue weighted by molar-refractivity contribution is -0.140. The first kappa shape index (κ1) is 22.5. The number of amides is 1. The largest absolute Gasteiger partial charge is 0.469 e. The number of hydrogen-bond donors (Lipinski definition) is 4. The van der Waals surface area contributed by atoms with Crippen LogP contribution in [0.15, 0.2) is 5.10 Å². The molecule has 3 unspecified atom stereocenters. The maximum atomic E-state index is 10.7. The topological polar surface area (TPSA) is 157 Å².